The van der Waals surface area contributed by atoms with Gasteiger partial charge in [0.2, 0.25) is 0 Å². The van der Waals surface area contributed by atoms with Gasteiger partial charge in [-0.15, -0.1) is 0 Å². The standard InChI is InChI=1S/C22H24F2N4O3/c1-10(2)18(19-11(3)16-6-13(23)7-17(24)20(16)31-19)28-22(30)27-14-8-25-21(26-9-14)12-4-15(29)5-12/h6-10,12,15,18,29H,4-5H2,1-3H3,(H2,27,28,30). The number of benzene rings is 1. The molecular formula is C22H24F2N4O3. The van der Waals surface area contributed by atoms with E-state index in [0.717, 1.165) is 6.07 Å². The molecule has 1 aromatic carbocycles. The minimum atomic E-state index is -0.785. The van der Waals surface area contributed by atoms with Crippen molar-refractivity contribution in [1.29, 1.82) is 0 Å². The number of aryl methyl sites for hydroxylation is 1. The van der Waals surface area contributed by atoms with Crippen LogP contribution in [-0.2, 0) is 0 Å². The Morgan fingerprint density at radius 2 is 1.90 bits per heavy atom. The highest BCUT2D eigenvalue weighted by molar-refractivity contribution is 5.89. The van der Waals surface area contributed by atoms with Crippen molar-refractivity contribution in [1.82, 2.24) is 15.3 Å². The SMILES string of the molecule is Cc1c(C(NC(=O)Nc2cnc(C3CC(O)C3)nc2)C(C)C)oc2c(F)cc(F)cc12. The molecular weight excluding hydrogens is 406 g/mol. The molecule has 2 heterocycles. The summed E-state index contributed by atoms with van der Waals surface area (Å²) in [5.41, 5.74) is 0.952. The van der Waals surface area contributed by atoms with Gasteiger partial charge in [0.25, 0.3) is 0 Å². The van der Waals surface area contributed by atoms with Crippen LogP contribution in [0.3, 0.4) is 0 Å². The number of halogens is 2. The first-order valence-corrected chi connectivity index (χ1v) is 10.2. The molecule has 31 heavy (non-hydrogen) atoms. The van der Waals surface area contributed by atoms with Crippen molar-refractivity contribution in [3.05, 3.63) is 53.3 Å². The van der Waals surface area contributed by atoms with Crippen LogP contribution in [0.4, 0.5) is 19.3 Å². The number of fused-ring (bicyclic) bond motifs is 1. The van der Waals surface area contributed by atoms with E-state index in [9.17, 15) is 18.7 Å². The van der Waals surface area contributed by atoms with Gasteiger partial charge in [-0.1, -0.05) is 13.8 Å². The monoisotopic (exact) mass is 430 g/mol. The first-order chi connectivity index (χ1) is 14.7. The smallest absolute Gasteiger partial charge is 0.319 e. The number of rotatable bonds is 5. The van der Waals surface area contributed by atoms with Crippen molar-refractivity contribution >= 4 is 22.7 Å². The fourth-order valence-electron chi connectivity index (χ4n) is 3.81. The summed E-state index contributed by atoms with van der Waals surface area (Å²) in [4.78, 5) is 21.1. The van der Waals surface area contributed by atoms with Crippen molar-refractivity contribution in [2.75, 3.05) is 5.32 Å². The number of hydrogen-bond acceptors (Lipinski definition) is 5. The highest BCUT2D eigenvalue weighted by Crippen LogP contribution is 2.35. The third-order valence-corrected chi connectivity index (χ3v) is 5.64. The number of aliphatic hydroxyl groups excluding tert-OH is 1. The second-order valence-corrected chi connectivity index (χ2v) is 8.33. The number of urea groups is 1. The zero-order valence-corrected chi connectivity index (χ0v) is 17.4. The maximum Gasteiger partial charge on any atom is 0.319 e. The summed E-state index contributed by atoms with van der Waals surface area (Å²) < 4.78 is 33.5. The van der Waals surface area contributed by atoms with Crippen molar-refractivity contribution in [2.45, 2.75) is 51.7 Å². The molecule has 0 aliphatic heterocycles. The number of anilines is 1. The van der Waals surface area contributed by atoms with Gasteiger partial charge in [-0.3, -0.25) is 0 Å². The van der Waals surface area contributed by atoms with E-state index >= 15 is 0 Å². The fourth-order valence-corrected chi connectivity index (χ4v) is 3.81. The molecule has 4 rings (SSSR count). The number of nitrogens with one attached hydrogen (secondary N) is 2. The zero-order chi connectivity index (χ0) is 22.3. The molecule has 3 N–H and O–H groups in total. The molecule has 3 aromatic rings. The van der Waals surface area contributed by atoms with Gasteiger partial charge < -0.3 is 20.2 Å². The van der Waals surface area contributed by atoms with E-state index < -0.39 is 23.7 Å². The molecule has 1 fully saturated rings. The molecule has 1 atom stereocenters. The molecule has 164 valence electrons. The van der Waals surface area contributed by atoms with Gasteiger partial charge in [-0.05, 0) is 31.7 Å². The van der Waals surface area contributed by atoms with E-state index in [4.69, 9.17) is 4.42 Å². The molecule has 0 saturated heterocycles. The Balaban J connectivity index is 1.50. The molecule has 0 bridgehead atoms. The Bertz CT molecular complexity index is 1110. The predicted molar refractivity (Wildman–Crippen MR) is 111 cm³/mol. The molecule has 2 amide bonds. The largest absolute Gasteiger partial charge is 0.455 e. The maximum absolute atomic E-state index is 14.1. The first kappa shape index (κ1) is 21.2. The predicted octanol–water partition coefficient (Wildman–Crippen LogP) is 4.57. The van der Waals surface area contributed by atoms with Crippen LogP contribution in [0.2, 0.25) is 0 Å². The molecule has 1 unspecified atom stereocenters. The Morgan fingerprint density at radius 1 is 1.23 bits per heavy atom. The van der Waals surface area contributed by atoms with Crippen LogP contribution in [0.1, 0.15) is 55.8 Å². The summed E-state index contributed by atoms with van der Waals surface area (Å²) in [6.07, 6.45) is 4.02. The number of hydrogen-bond donors (Lipinski definition) is 3. The number of carbonyl (C=O) groups is 1. The van der Waals surface area contributed by atoms with Crippen LogP contribution in [0.25, 0.3) is 11.0 Å². The molecule has 1 aliphatic rings. The lowest BCUT2D eigenvalue weighted by atomic mass is 9.82. The van der Waals surface area contributed by atoms with E-state index in [0.29, 0.717) is 41.1 Å². The molecule has 0 spiro atoms. The molecule has 7 nitrogen and oxygen atoms in total. The van der Waals surface area contributed by atoms with E-state index in [1.54, 1.807) is 6.92 Å². The van der Waals surface area contributed by atoms with Gasteiger partial charge >= 0.3 is 6.03 Å². The van der Waals surface area contributed by atoms with Crippen LogP contribution in [-0.4, -0.2) is 27.2 Å². The minimum absolute atomic E-state index is 0.0353. The fraction of sp³-hybridized carbons (Fsp3) is 0.409. The van der Waals surface area contributed by atoms with E-state index in [-0.39, 0.29) is 23.5 Å². The van der Waals surface area contributed by atoms with Gasteiger partial charge in [-0.25, -0.2) is 23.5 Å². The number of aliphatic hydroxyl groups is 1. The van der Waals surface area contributed by atoms with Gasteiger partial charge in [0.05, 0.1) is 30.2 Å². The van der Waals surface area contributed by atoms with Crippen molar-refractivity contribution < 1.29 is 23.1 Å². The summed E-state index contributed by atoms with van der Waals surface area (Å²) >= 11 is 0. The van der Waals surface area contributed by atoms with E-state index in [2.05, 4.69) is 20.6 Å². The third kappa shape index (κ3) is 4.23. The van der Waals surface area contributed by atoms with E-state index in [1.165, 1.54) is 18.5 Å². The Hall–Kier alpha value is -3.07. The lowest BCUT2D eigenvalue weighted by Crippen LogP contribution is -2.35. The summed E-state index contributed by atoms with van der Waals surface area (Å²) in [7, 11) is 0. The van der Waals surface area contributed by atoms with Gasteiger partial charge in [-0.2, -0.15) is 0 Å². The number of furan rings is 1. The van der Waals surface area contributed by atoms with Crippen LogP contribution in [0.5, 0.6) is 0 Å². The highest BCUT2D eigenvalue weighted by Gasteiger charge is 2.31. The van der Waals surface area contributed by atoms with Crippen LogP contribution in [0, 0.1) is 24.5 Å². The van der Waals surface area contributed by atoms with Crippen molar-refractivity contribution in [3.63, 3.8) is 0 Å². The summed E-state index contributed by atoms with van der Waals surface area (Å²) in [6, 6.07) is 0.929. The van der Waals surface area contributed by atoms with Crippen molar-refractivity contribution in [3.8, 4) is 0 Å². The number of carbonyl (C=O) groups excluding carboxylic acids is 1. The van der Waals surface area contributed by atoms with Crippen LogP contribution < -0.4 is 10.6 Å². The highest BCUT2D eigenvalue weighted by atomic mass is 19.1. The topological polar surface area (TPSA) is 100 Å². The summed E-state index contributed by atoms with van der Waals surface area (Å²) in [5, 5.41) is 15.3. The Morgan fingerprint density at radius 3 is 2.52 bits per heavy atom. The lowest BCUT2D eigenvalue weighted by Gasteiger charge is -2.29. The number of nitrogens with zero attached hydrogens (tertiary/aromatic N) is 2. The molecule has 1 aliphatic carbocycles. The minimum Gasteiger partial charge on any atom is -0.455 e. The zero-order valence-electron chi connectivity index (χ0n) is 17.4. The normalized spacial score (nSPS) is 19.3. The molecule has 0 radical (unpaired) electrons. The maximum atomic E-state index is 14.1. The third-order valence-electron chi connectivity index (χ3n) is 5.64. The molecule has 1 saturated carbocycles. The Labute approximate surface area is 177 Å². The van der Waals surface area contributed by atoms with Gasteiger partial charge in [0.15, 0.2) is 11.4 Å². The van der Waals surface area contributed by atoms with Crippen molar-refractivity contribution in [2.24, 2.45) is 5.92 Å². The molecule has 2 aromatic heterocycles. The van der Waals surface area contributed by atoms with E-state index in [1.807, 2.05) is 13.8 Å². The molecule has 9 heteroatoms. The summed E-state index contributed by atoms with van der Waals surface area (Å²) in [5.74, 6) is -0.394. The lowest BCUT2D eigenvalue weighted by molar-refractivity contribution is 0.0716. The van der Waals surface area contributed by atoms with Crippen LogP contribution >= 0.6 is 0 Å². The number of amides is 2. The van der Waals surface area contributed by atoms with Gasteiger partial charge in [0, 0.05) is 22.9 Å². The van der Waals surface area contributed by atoms with Crippen LogP contribution in [0.15, 0.2) is 28.9 Å². The average Bonchev–Trinajstić information content (AvgIpc) is 3.01. The summed E-state index contributed by atoms with van der Waals surface area (Å²) in [6.45, 7) is 5.48. The number of aromatic nitrogens is 2. The Kier molecular flexibility index (Phi) is 5.62. The second-order valence-electron chi connectivity index (χ2n) is 8.33. The first-order valence-electron chi connectivity index (χ1n) is 10.2. The average molecular weight is 430 g/mol. The second kappa shape index (κ2) is 8.22. The quantitative estimate of drug-likeness (QED) is 0.551. The van der Waals surface area contributed by atoms with Gasteiger partial charge in [0.1, 0.15) is 17.4 Å².